The molecule has 34 heavy (non-hydrogen) atoms. The molecule has 1 heterocycles. The lowest BCUT2D eigenvalue weighted by Gasteiger charge is -2.30. The van der Waals surface area contributed by atoms with E-state index in [0.29, 0.717) is 11.5 Å². The van der Waals surface area contributed by atoms with Crippen LogP contribution in [0.2, 0.25) is 5.02 Å². The number of ether oxygens (including phenoxy) is 1. The molecular formula is C24H27ClF3N5O. The second-order valence-electron chi connectivity index (χ2n) is 8.66. The summed E-state index contributed by atoms with van der Waals surface area (Å²) in [5.74, 6) is 1.20. The summed E-state index contributed by atoms with van der Waals surface area (Å²) in [6, 6.07) is 12.7. The zero-order valence-electron chi connectivity index (χ0n) is 19.0. The second kappa shape index (κ2) is 10.2. The Hall–Kier alpha value is -2.78. The van der Waals surface area contributed by atoms with Gasteiger partial charge in [-0.05, 0) is 49.9 Å². The molecule has 2 aromatic carbocycles. The summed E-state index contributed by atoms with van der Waals surface area (Å²) < 4.78 is 42.3. The Bertz CT molecular complexity index is 1130. The number of aromatic nitrogens is 2. The van der Waals surface area contributed by atoms with Crippen molar-refractivity contribution in [2.24, 2.45) is 0 Å². The molecular weight excluding hydrogens is 467 g/mol. The lowest BCUT2D eigenvalue weighted by atomic mass is 9.91. The molecule has 1 saturated carbocycles. The van der Waals surface area contributed by atoms with Crippen LogP contribution in [0, 0.1) is 0 Å². The molecule has 2 N–H and O–H groups in total. The number of anilines is 2. The average Bonchev–Trinajstić information content (AvgIpc) is 2.78. The van der Waals surface area contributed by atoms with Crippen LogP contribution in [-0.4, -0.2) is 42.5 Å². The highest BCUT2D eigenvalue weighted by Crippen LogP contribution is 2.30. The highest BCUT2D eigenvalue weighted by atomic mass is 35.5. The number of para-hydroxylation sites is 1. The average molecular weight is 494 g/mol. The van der Waals surface area contributed by atoms with Gasteiger partial charge in [0.25, 0.3) is 0 Å². The zero-order valence-corrected chi connectivity index (χ0v) is 19.7. The van der Waals surface area contributed by atoms with E-state index in [-0.39, 0.29) is 29.4 Å². The molecule has 0 spiro atoms. The zero-order chi connectivity index (χ0) is 24.3. The molecule has 1 aromatic heterocycles. The first-order chi connectivity index (χ1) is 16.2. The Labute approximate surface area is 201 Å². The molecule has 0 atom stereocenters. The first-order valence-corrected chi connectivity index (χ1v) is 11.5. The molecule has 0 amide bonds. The summed E-state index contributed by atoms with van der Waals surface area (Å²) >= 11 is 5.85. The van der Waals surface area contributed by atoms with Crippen molar-refractivity contribution in [3.8, 4) is 5.75 Å². The highest BCUT2D eigenvalue weighted by Gasteiger charge is 2.32. The quantitative estimate of drug-likeness (QED) is 0.436. The number of halogens is 4. The van der Waals surface area contributed by atoms with E-state index in [0.717, 1.165) is 42.4 Å². The predicted octanol–water partition coefficient (Wildman–Crippen LogP) is 5.76. The third kappa shape index (κ3) is 6.21. The van der Waals surface area contributed by atoms with E-state index in [9.17, 15) is 13.2 Å². The topological polar surface area (TPSA) is 62.3 Å². The Morgan fingerprint density at radius 1 is 1.03 bits per heavy atom. The molecule has 3 aromatic rings. The maximum absolute atomic E-state index is 12.7. The Morgan fingerprint density at radius 3 is 2.44 bits per heavy atom. The fourth-order valence-electron chi connectivity index (χ4n) is 4.24. The van der Waals surface area contributed by atoms with E-state index >= 15 is 0 Å². The van der Waals surface area contributed by atoms with Gasteiger partial charge in [0.15, 0.2) is 0 Å². The number of fused-ring (bicyclic) bond motifs is 1. The molecule has 0 saturated heterocycles. The minimum atomic E-state index is -4.76. The number of alkyl halides is 3. The summed E-state index contributed by atoms with van der Waals surface area (Å²) in [5, 5.41) is 8.03. The number of nitrogens with zero attached hydrogens (tertiary/aromatic N) is 3. The van der Waals surface area contributed by atoms with Gasteiger partial charge in [-0.25, -0.2) is 4.98 Å². The lowest BCUT2D eigenvalue weighted by molar-refractivity contribution is -0.274. The largest absolute Gasteiger partial charge is 0.573 e. The first kappa shape index (κ1) is 24.3. The van der Waals surface area contributed by atoms with Gasteiger partial charge in [-0.3, -0.25) is 0 Å². The van der Waals surface area contributed by atoms with Crippen LogP contribution in [0.15, 0.2) is 42.5 Å². The molecule has 6 nitrogen and oxygen atoms in total. The van der Waals surface area contributed by atoms with Crippen molar-refractivity contribution in [1.82, 2.24) is 15.3 Å². The molecule has 0 radical (unpaired) electrons. The van der Waals surface area contributed by atoms with Crippen molar-refractivity contribution in [3.63, 3.8) is 0 Å². The third-order valence-electron chi connectivity index (χ3n) is 5.90. The molecule has 0 unspecified atom stereocenters. The van der Waals surface area contributed by atoms with Crippen LogP contribution in [0.3, 0.4) is 0 Å². The number of rotatable bonds is 7. The molecule has 0 aliphatic heterocycles. The number of nitrogens with one attached hydrogen (secondary N) is 2. The maximum Gasteiger partial charge on any atom is 0.573 e. The monoisotopic (exact) mass is 493 g/mol. The van der Waals surface area contributed by atoms with Crippen LogP contribution in [0.5, 0.6) is 5.75 Å². The van der Waals surface area contributed by atoms with Crippen molar-refractivity contribution < 1.29 is 17.9 Å². The predicted molar refractivity (Wildman–Crippen MR) is 129 cm³/mol. The van der Waals surface area contributed by atoms with Gasteiger partial charge in [-0.2, -0.15) is 4.98 Å². The van der Waals surface area contributed by atoms with E-state index in [1.807, 2.05) is 43.3 Å². The van der Waals surface area contributed by atoms with Crippen LogP contribution in [0.25, 0.3) is 10.9 Å². The fourth-order valence-corrected chi connectivity index (χ4v) is 4.40. The minimum absolute atomic E-state index is 0.197. The van der Waals surface area contributed by atoms with Crippen LogP contribution in [-0.2, 0) is 6.54 Å². The van der Waals surface area contributed by atoms with Crippen molar-refractivity contribution in [2.75, 3.05) is 24.3 Å². The molecule has 182 valence electrons. The van der Waals surface area contributed by atoms with Gasteiger partial charge in [0, 0.05) is 48.7 Å². The van der Waals surface area contributed by atoms with Crippen LogP contribution in [0.1, 0.15) is 31.2 Å². The molecule has 1 aliphatic rings. The fraction of sp³-hybridized carbons (Fsp3) is 0.417. The molecule has 10 heteroatoms. The van der Waals surface area contributed by atoms with E-state index in [1.54, 1.807) is 12.1 Å². The molecule has 0 bridgehead atoms. The van der Waals surface area contributed by atoms with Crippen molar-refractivity contribution >= 4 is 34.3 Å². The van der Waals surface area contributed by atoms with Crippen LogP contribution >= 0.6 is 11.6 Å². The summed E-state index contributed by atoms with van der Waals surface area (Å²) in [7, 11) is 3.92. The smallest absolute Gasteiger partial charge is 0.405 e. The highest BCUT2D eigenvalue weighted by molar-refractivity contribution is 6.30. The van der Waals surface area contributed by atoms with E-state index in [1.165, 1.54) is 6.07 Å². The van der Waals surface area contributed by atoms with Gasteiger partial charge in [0.2, 0.25) is 5.95 Å². The SMILES string of the molecule is CN(C)c1nc(N[C@H]2CC[C@@H](NCc3ccc(Cl)cc3OC(F)(F)F)CC2)nc2ccccc12. The Kier molecular flexibility index (Phi) is 7.33. The molecule has 1 aliphatic carbocycles. The van der Waals surface area contributed by atoms with E-state index in [4.69, 9.17) is 16.6 Å². The first-order valence-electron chi connectivity index (χ1n) is 11.2. The summed E-state index contributed by atoms with van der Waals surface area (Å²) in [6.07, 6.45) is -1.19. The summed E-state index contributed by atoms with van der Waals surface area (Å²) in [5.41, 5.74) is 1.31. The van der Waals surface area contributed by atoms with E-state index in [2.05, 4.69) is 20.4 Å². The van der Waals surface area contributed by atoms with Crippen LogP contribution in [0.4, 0.5) is 24.9 Å². The number of hydrogen-bond donors (Lipinski definition) is 2. The maximum atomic E-state index is 12.7. The van der Waals surface area contributed by atoms with Gasteiger partial charge < -0.3 is 20.3 Å². The van der Waals surface area contributed by atoms with Gasteiger partial charge in [0.1, 0.15) is 11.6 Å². The second-order valence-corrected chi connectivity index (χ2v) is 9.09. The Balaban J connectivity index is 1.34. The van der Waals surface area contributed by atoms with Crippen molar-refractivity contribution in [2.45, 2.75) is 50.7 Å². The van der Waals surface area contributed by atoms with Gasteiger partial charge in [-0.1, -0.05) is 29.8 Å². The Morgan fingerprint density at radius 2 is 1.74 bits per heavy atom. The van der Waals surface area contributed by atoms with Crippen molar-refractivity contribution in [3.05, 3.63) is 53.1 Å². The third-order valence-corrected chi connectivity index (χ3v) is 6.14. The van der Waals surface area contributed by atoms with E-state index < -0.39 is 6.36 Å². The molecule has 4 rings (SSSR count). The number of benzene rings is 2. The lowest BCUT2D eigenvalue weighted by Crippen LogP contribution is -2.37. The van der Waals surface area contributed by atoms with Gasteiger partial charge in [0.05, 0.1) is 5.52 Å². The van der Waals surface area contributed by atoms with Gasteiger partial charge in [-0.15, -0.1) is 13.2 Å². The van der Waals surface area contributed by atoms with Gasteiger partial charge >= 0.3 is 6.36 Å². The molecule has 1 fully saturated rings. The van der Waals surface area contributed by atoms with Crippen molar-refractivity contribution in [1.29, 1.82) is 0 Å². The standard InChI is InChI=1S/C24H27ClF3N5O/c1-33(2)22-19-5-3-4-6-20(19)31-23(32-22)30-18-11-9-17(10-12-18)29-14-15-7-8-16(25)13-21(15)34-24(26,27)28/h3-8,13,17-18,29H,9-12,14H2,1-2H3,(H,30,31,32)/t17-,18+. The summed E-state index contributed by atoms with van der Waals surface area (Å²) in [4.78, 5) is 11.4. The number of hydrogen-bond acceptors (Lipinski definition) is 6. The van der Waals surface area contributed by atoms with Crippen LogP contribution < -0.4 is 20.3 Å². The normalized spacial score (nSPS) is 18.6. The summed E-state index contributed by atoms with van der Waals surface area (Å²) in [6.45, 7) is 0.269. The minimum Gasteiger partial charge on any atom is -0.405 e.